The molecule has 26 heavy (non-hydrogen) atoms. The van der Waals surface area contributed by atoms with E-state index in [-0.39, 0.29) is 0 Å². The third kappa shape index (κ3) is 4.47. The summed E-state index contributed by atoms with van der Waals surface area (Å²) in [4.78, 5) is 17.3. The van der Waals surface area contributed by atoms with Crippen LogP contribution in [0.5, 0.6) is 0 Å². The molecule has 0 aliphatic heterocycles. The zero-order valence-corrected chi connectivity index (χ0v) is 16.0. The lowest BCUT2D eigenvalue weighted by Crippen LogP contribution is -2.20. The molecule has 8 heteroatoms. The predicted octanol–water partition coefficient (Wildman–Crippen LogP) is 3.10. The van der Waals surface area contributed by atoms with Crippen molar-refractivity contribution in [3.8, 4) is 0 Å². The van der Waals surface area contributed by atoms with Gasteiger partial charge in [0.1, 0.15) is 11.4 Å². The lowest BCUT2D eigenvalue weighted by molar-refractivity contribution is 0.834. The summed E-state index contributed by atoms with van der Waals surface area (Å²) in [7, 11) is 3.82. The predicted molar refractivity (Wildman–Crippen MR) is 114 cm³/mol. The van der Waals surface area contributed by atoms with Crippen LogP contribution in [0.15, 0.2) is 58.9 Å². The van der Waals surface area contributed by atoms with E-state index in [4.69, 9.17) is 0 Å². The van der Waals surface area contributed by atoms with E-state index >= 15 is 0 Å². The van der Waals surface area contributed by atoms with Crippen molar-refractivity contribution in [2.75, 3.05) is 36.6 Å². The van der Waals surface area contributed by atoms with E-state index < -0.39 is 0 Å². The molecule has 0 saturated heterocycles. The van der Waals surface area contributed by atoms with E-state index in [1.807, 2.05) is 36.8 Å². The van der Waals surface area contributed by atoms with E-state index in [0.29, 0.717) is 12.5 Å². The molecule has 1 aromatic heterocycles. The number of aromatic nitrogens is 2. The summed E-state index contributed by atoms with van der Waals surface area (Å²) in [6, 6.07) is 3.90. The molecule has 0 aliphatic rings. The van der Waals surface area contributed by atoms with Gasteiger partial charge in [-0.05, 0) is 25.9 Å². The van der Waals surface area contributed by atoms with Gasteiger partial charge in [-0.25, -0.2) is 0 Å². The van der Waals surface area contributed by atoms with Crippen LogP contribution >= 0.6 is 11.9 Å². The maximum absolute atomic E-state index is 4.54. The minimum absolute atomic E-state index is 0.450. The van der Waals surface area contributed by atoms with Gasteiger partial charge in [0.2, 0.25) is 0 Å². The Morgan fingerprint density at radius 1 is 1.35 bits per heavy atom. The van der Waals surface area contributed by atoms with Gasteiger partial charge in [-0.3, -0.25) is 20.0 Å². The average molecular weight is 369 g/mol. The van der Waals surface area contributed by atoms with Crippen molar-refractivity contribution in [3.63, 3.8) is 0 Å². The molecular weight excluding hydrogens is 346 g/mol. The monoisotopic (exact) mass is 369 g/mol. The molecule has 2 rings (SSSR count). The van der Waals surface area contributed by atoms with Crippen molar-refractivity contribution in [1.29, 1.82) is 0 Å². The Balaban J connectivity index is 2.58. The molecule has 0 spiro atoms. The molecule has 0 atom stereocenters. The number of anilines is 2. The number of hydrogen-bond donors (Lipinski definition) is 2. The molecule has 0 radical (unpaired) electrons. The first-order valence-electron chi connectivity index (χ1n) is 7.92. The Hall–Kier alpha value is -2.71. The second-order valence-corrected chi connectivity index (χ2v) is 6.09. The Morgan fingerprint density at radius 3 is 2.77 bits per heavy atom. The van der Waals surface area contributed by atoms with Crippen molar-refractivity contribution in [2.24, 2.45) is 9.98 Å². The molecule has 1 aromatic carbocycles. The zero-order valence-electron chi connectivity index (χ0n) is 15.2. The highest BCUT2D eigenvalue weighted by atomic mass is 32.2. The summed E-state index contributed by atoms with van der Waals surface area (Å²) in [5.41, 5.74) is 4.17. The standard InChI is InChI=1S/C18H23N7S/c1-6-13(11-19-2)18(23-12-20-3)24-15-8-7-14-16(22-10-9-21-14)17(15)25(4)26-5/h6-11,20H,1-2,12H2,3-5H3,(H,23,24)/b13-11-. The van der Waals surface area contributed by atoms with E-state index in [9.17, 15) is 0 Å². The minimum atomic E-state index is 0.450. The summed E-state index contributed by atoms with van der Waals surface area (Å²) < 4.78 is 2.04. The third-order valence-electron chi connectivity index (χ3n) is 3.57. The van der Waals surface area contributed by atoms with Crippen molar-refractivity contribution in [3.05, 3.63) is 49.0 Å². The van der Waals surface area contributed by atoms with Gasteiger partial charge in [0.15, 0.2) is 0 Å². The van der Waals surface area contributed by atoms with E-state index in [1.165, 1.54) is 0 Å². The van der Waals surface area contributed by atoms with Crippen LogP contribution in [-0.2, 0) is 0 Å². The SMILES string of the molecule is C=C/C(=C/N=C)C(=NCNC)Nc1ccc2nccnc2c1N(C)SC. The topological polar surface area (TPSA) is 77.8 Å². The molecule has 1 heterocycles. The highest BCUT2D eigenvalue weighted by molar-refractivity contribution is 7.99. The summed E-state index contributed by atoms with van der Waals surface area (Å²) in [6.45, 7) is 7.81. The van der Waals surface area contributed by atoms with Crippen molar-refractivity contribution < 1.29 is 0 Å². The van der Waals surface area contributed by atoms with E-state index in [1.54, 1.807) is 36.6 Å². The number of fused-ring (bicyclic) bond motifs is 1. The highest BCUT2D eigenvalue weighted by Crippen LogP contribution is 2.35. The van der Waals surface area contributed by atoms with Crippen molar-refractivity contribution in [1.82, 2.24) is 15.3 Å². The quantitative estimate of drug-likeness (QED) is 0.322. The summed E-state index contributed by atoms with van der Waals surface area (Å²) in [5.74, 6) is 0.640. The highest BCUT2D eigenvalue weighted by Gasteiger charge is 2.16. The molecule has 0 fully saturated rings. The number of hydrogen-bond acceptors (Lipinski definition) is 7. The number of benzene rings is 1. The fourth-order valence-corrected chi connectivity index (χ4v) is 2.70. The summed E-state index contributed by atoms with van der Waals surface area (Å²) >= 11 is 1.59. The Kier molecular flexibility index (Phi) is 7.31. The van der Waals surface area contributed by atoms with Crippen LogP contribution in [0.3, 0.4) is 0 Å². The molecule has 0 bridgehead atoms. The van der Waals surface area contributed by atoms with Crippen LogP contribution in [0.4, 0.5) is 11.4 Å². The van der Waals surface area contributed by atoms with E-state index in [0.717, 1.165) is 28.0 Å². The zero-order chi connectivity index (χ0) is 18.9. The molecule has 0 unspecified atom stereocenters. The first-order valence-corrected chi connectivity index (χ1v) is 9.10. The first-order chi connectivity index (χ1) is 12.7. The first kappa shape index (κ1) is 19.6. The van der Waals surface area contributed by atoms with Gasteiger partial charge in [0, 0.05) is 37.5 Å². The van der Waals surface area contributed by atoms with Crippen LogP contribution in [-0.4, -0.2) is 49.5 Å². The number of rotatable bonds is 8. The maximum Gasteiger partial charge on any atom is 0.135 e. The molecular formula is C18H23N7S. The second-order valence-electron chi connectivity index (χ2n) is 5.18. The van der Waals surface area contributed by atoms with Crippen LogP contribution in [0, 0.1) is 0 Å². The average Bonchev–Trinajstić information content (AvgIpc) is 2.68. The van der Waals surface area contributed by atoms with Crippen molar-refractivity contribution >= 4 is 46.9 Å². The molecule has 0 amide bonds. The molecule has 136 valence electrons. The normalized spacial score (nSPS) is 12.1. The van der Waals surface area contributed by atoms with Crippen LogP contribution in [0.1, 0.15) is 0 Å². The van der Waals surface area contributed by atoms with Gasteiger partial charge in [-0.2, -0.15) is 0 Å². The lowest BCUT2D eigenvalue weighted by atomic mass is 10.2. The van der Waals surface area contributed by atoms with Gasteiger partial charge >= 0.3 is 0 Å². The Bertz CT molecular complexity index is 845. The second kappa shape index (κ2) is 9.69. The number of aliphatic imine (C=N–C) groups is 2. The fraction of sp³-hybridized carbons (Fsp3) is 0.222. The minimum Gasteiger partial charge on any atom is -0.338 e. The van der Waals surface area contributed by atoms with Gasteiger partial charge in [0.25, 0.3) is 0 Å². The molecule has 2 aromatic rings. The largest absolute Gasteiger partial charge is 0.338 e. The number of nitrogens with zero attached hydrogens (tertiary/aromatic N) is 5. The van der Waals surface area contributed by atoms with Crippen LogP contribution in [0.2, 0.25) is 0 Å². The maximum atomic E-state index is 4.54. The van der Waals surface area contributed by atoms with Crippen molar-refractivity contribution in [2.45, 2.75) is 0 Å². The van der Waals surface area contributed by atoms with Gasteiger partial charge in [0.05, 0.1) is 23.6 Å². The molecule has 2 N–H and O–H groups in total. The van der Waals surface area contributed by atoms with Gasteiger partial charge in [-0.15, -0.1) is 0 Å². The number of nitrogens with one attached hydrogen (secondary N) is 2. The summed E-state index contributed by atoms with van der Waals surface area (Å²) in [6.07, 6.45) is 8.69. The molecule has 0 aliphatic carbocycles. The van der Waals surface area contributed by atoms with Gasteiger partial charge < -0.3 is 14.9 Å². The molecule has 7 nitrogen and oxygen atoms in total. The Labute approximate surface area is 158 Å². The Morgan fingerprint density at radius 2 is 2.12 bits per heavy atom. The number of amidine groups is 1. The van der Waals surface area contributed by atoms with Gasteiger partial charge in [-0.1, -0.05) is 24.6 Å². The smallest absolute Gasteiger partial charge is 0.135 e. The third-order valence-corrected chi connectivity index (χ3v) is 4.30. The molecule has 0 saturated carbocycles. The summed E-state index contributed by atoms with van der Waals surface area (Å²) in [5, 5.41) is 6.40. The van der Waals surface area contributed by atoms with Crippen LogP contribution < -0.4 is 14.9 Å². The van der Waals surface area contributed by atoms with E-state index in [2.05, 4.69) is 43.9 Å². The van der Waals surface area contributed by atoms with Crippen LogP contribution in [0.25, 0.3) is 11.0 Å². The fourth-order valence-electron chi connectivity index (χ4n) is 2.33. The lowest BCUT2D eigenvalue weighted by Gasteiger charge is -2.22.